The lowest BCUT2D eigenvalue weighted by Crippen LogP contribution is -2.17. The standard InChI is InChI=1S/C18H25N3O3/c1-6-13-7-14(18(24-5)21-10(13)2)9-19-16-8-15(12(4)22)11(3)20-17(16)23/h7-8,12,19,22H,6,9H2,1-5H3,(H,20,23)/t12-/m1/s1. The average molecular weight is 331 g/mol. The van der Waals surface area contributed by atoms with Crippen LogP contribution in [0.15, 0.2) is 16.9 Å². The van der Waals surface area contributed by atoms with E-state index in [2.05, 4.69) is 22.2 Å². The van der Waals surface area contributed by atoms with Gasteiger partial charge in [0.05, 0.1) is 13.2 Å². The van der Waals surface area contributed by atoms with Gasteiger partial charge in [-0.15, -0.1) is 0 Å². The van der Waals surface area contributed by atoms with E-state index in [9.17, 15) is 9.90 Å². The molecule has 0 aliphatic carbocycles. The van der Waals surface area contributed by atoms with Crippen LogP contribution < -0.4 is 15.6 Å². The zero-order valence-electron chi connectivity index (χ0n) is 14.9. The summed E-state index contributed by atoms with van der Waals surface area (Å²) in [5, 5.41) is 12.9. The highest BCUT2D eigenvalue weighted by atomic mass is 16.5. The second kappa shape index (κ2) is 7.49. The maximum absolute atomic E-state index is 12.1. The second-order valence-electron chi connectivity index (χ2n) is 5.88. The van der Waals surface area contributed by atoms with Gasteiger partial charge in [-0.25, -0.2) is 4.98 Å². The molecule has 2 aromatic rings. The van der Waals surface area contributed by atoms with Crippen LogP contribution in [0.3, 0.4) is 0 Å². The van der Waals surface area contributed by atoms with E-state index in [1.165, 1.54) is 0 Å². The molecule has 0 radical (unpaired) electrons. The first-order valence-corrected chi connectivity index (χ1v) is 8.06. The summed E-state index contributed by atoms with van der Waals surface area (Å²) in [7, 11) is 1.58. The van der Waals surface area contributed by atoms with Gasteiger partial charge in [0.25, 0.3) is 5.56 Å². The van der Waals surface area contributed by atoms with Crippen LogP contribution in [0.4, 0.5) is 5.69 Å². The highest BCUT2D eigenvalue weighted by Gasteiger charge is 2.12. The minimum absolute atomic E-state index is 0.216. The topological polar surface area (TPSA) is 87.2 Å². The lowest BCUT2D eigenvalue weighted by molar-refractivity contribution is 0.198. The summed E-state index contributed by atoms with van der Waals surface area (Å²) in [6, 6.07) is 3.74. The molecule has 2 rings (SSSR count). The van der Waals surface area contributed by atoms with Crippen molar-refractivity contribution in [1.82, 2.24) is 9.97 Å². The smallest absolute Gasteiger partial charge is 0.271 e. The van der Waals surface area contributed by atoms with Crippen LogP contribution in [0.1, 0.15) is 48.0 Å². The molecule has 0 amide bonds. The van der Waals surface area contributed by atoms with Gasteiger partial charge in [0.2, 0.25) is 5.88 Å². The largest absolute Gasteiger partial charge is 0.481 e. The number of ether oxygens (including phenoxy) is 1. The van der Waals surface area contributed by atoms with Gasteiger partial charge < -0.3 is 20.1 Å². The lowest BCUT2D eigenvalue weighted by Gasteiger charge is -2.14. The van der Waals surface area contributed by atoms with Crippen molar-refractivity contribution in [3.8, 4) is 5.88 Å². The van der Waals surface area contributed by atoms with Crippen LogP contribution in [0, 0.1) is 13.8 Å². The molecule has 24 heavy (non-hydrogen) atoms. The van der Waals surface area contributed by atoms with Gasteiger partial charge >= 0.3 is 0 Å². The van der Waals surface area contributed by atoms with Gasteiger partial charge in [-0.2, -0.15) is 0 Å². The fourth-order valence-electron chi connectivity index (χ4n) is 2.73. The maximum Gasteiger partial charge on any atom is 0.271 e. The van der Waals surface area contributed by atoms with Crippen molar-refractivity contribution in [2.75, 3.05) is 12.4 Å². The molecule has 0 aliphatic heterocycles. The molecule has 0 fully saturated rings. The van der Waals surface area contributed by atoms with Crippen LogP contribution in [-0.4, -0.2) is 22.2 Å². The number of aromatic nitrogens is 2. The van der Waals surface area contributed by atoms with E-state index in [1.54, 1.807) is 27.0 Å². The Morgan fingerprint density at radius 1 is 1.33 bits per heavy atom. The van der Waals surface area contributed by atoms with Crippen molar-refractivity contribution in [3.05, 3.63) is 50.6 Å². The number of methoxy groups -OCH3 is 1. The lowest BCUT2D eigenvalue weighted by atomic mass is 10.1. The van der Waals surface area contributed by atoms with E-state index in [0.29, 0.717) is 29.4 Å². The van der Waals surface area contributed by atoms with Crippen molar-refractivity contribution < 1.29 is 9.84 Å². The number of pyridine rings is 2. The Hall–Kier alpha value is -2.34. The molecule has 0 aliphatic rings. The molecule has 2 aromatic heterocycles. The van der Waals surface area contributed by atoms with Gasteiger partial charge in [0.1, 0.15) is 5.69 Å². The van der Waals surface area contributed by atoms with Gasteiger partial charge in [-0.05, 0) is 44.9 Å². The molecule has 0 saturated heterocycles. The number of nitrogens with zero attached hydrogens (tertiary/aromatic N) is 1. The number of aliphatic hydroxyl groups is 1. The molecule has 2 heterocycles. The number of anilines is 1. The summed E-state index contributed by atoms with van der Waals surface area (Å²) in [5.74, 6) is 0.552. The fourth-order valence-corrected chi connectivity index (χ4v) is 2.73. The van der Waals surface area contributed by atoms with Crippen LogP contribution in [0.5, 0.6) is 5.88 Å². The maximum atomic E-state index is 12.1. The average Bonchev–Trinajstić information content (AvgIpc) is 2.54. The first-order chi connectivity index (χ1) is 11.4. The number of rotatable bonds is 6. The summed E-state index contributed by atoms with van der Waals surface area (Å²) in [6.45, 7) is 7.89. The zero-order chi connectivity index (χ0) is 17.9. The third-order valence-electron chi connectivity index (χ3n) is 4.13. The third kappa shape index (κ3) is 3.76. The van der Waals surface area contributed by atoms with Crippen LogP contribution in [0.25, 0.3) is 0 Å². The van der Waals surface area contributed by atoms with Crippen LogP contribution >= 0.6 is 0 Å². The first kappa shape index (κ1) is 18.0. The molecule has 0 spiro atoms. The summed E-state index contributed by atoms with van der Waals surface area (Å²) < 4.78 is 5.35. The molecule has 6 nitrogen and oxygen atoms in total. The Bertz CT molecular complexity index is 782. The summed E-state index contributed by atoms with van der Waals surface area (Å²) in [5.41, 5.74) is 4.55. The zero-order valence-corrected chi connectivity index (χ0v) is 14.9. The molecular formula is C18H25N3O3. The van der Waals surface area contributed by atoms with E-state index in [0.717, 1.165) is 23.2 Å². The van der Waals surface area contributed by atoms with E-state index >= 15 is 0 Å². The minimum atomic E-state index is -0.648. The number of hydrogen-bond donors (Lipinski definition) is 3. The van der Waals surface area contributed by atoms with Gasteiger partial charge in [-0.3, -0.25) is 4.79 Å². The fraction of sp³-hybridized carbons (Fsp3) is 0.444. The number of aryl methyl sites for hydroxylation is 3. The molecule has 0 bridgehead atoms. The SMILES string of the molecule is CCc1cc(CNc2cc([C@@H](C)O)c(C)[nH]c2=O)c(OC)nc1C. The highest BCUT2D eigenvalue weighted by molar-refractivity contribution is 5.47. The van der Waals surface area contributed by atoms with Crippen molar-refractivity contribution >= 4 is 5.69 Å². The third-order valence-corrected chi connectivity index (χ3v) is 4.13. The van der Waals surface area contributed by atoms with E-state index in [-0.39, 0.29) is 5.56 Å². The number of nitrogens with one attached hydrogen (secondary N) is 2. The Labute approximate surface area is 141 Å². The molecule has 6 heteroatoms. The van der Waals surface area contributed by atoms with Crippen molar-refractivity contribution in [3.63, 3.8) is 0 Å². The first-order valence-electron chi connectivity index (χ1n) is 8.06. The number of H-pyrrole nitrogens is 1. The van der Waals surface area contributed by atoms with Crippen molar-refractivity contribution in [2.45, 2.75) is 46.8 Å². The van der Waals surface area contributed by atoms with Gasteiger partial charge in [0.15, 0.2) is 0 Å². The normalized spacial score (nSPS) is 12.1. The molecule has 0 saturated carbocycles. The Balaban J connectivity index is 2.31. The summed E-state index contributed by atoms with van der Waals surface area (Å²) >= 11 is 0. The van der Waals surface area contributed by atoms with Crippen molar-refractivity contribution in [2.24, 2.45) is 0 Å². The Kier molecular flexibility index (Phi) is 5.62. The summed E-state index contributed by atoms with van der Waals surface area (Å²) in [6.07, 6.45) is 0.234. The predicted octanol–water partition coefficient (Wildman–Crippen LogP) is 2.62. The van der Waals surface area contributed by atoms with Crippen LogP contribution in [0.2, 0.25) is 0 Å². The number of aromatic amines is 1. The minimum Gasteiger partial charge on any atom is -0.481 e. The Morgan fingerprint density at radius 3 is 2.62 bits per heavy atom. The van der Waals surface area contributed by atoms with E-state index in [4.69, 9.17) is 4.74 Å². The molecule has 0 unspecified atom stereocenters. The highest BCUT2D eigenvalue weighted by Crippen LogP contribution is 2.22. The van der Waals surface area contributed by atoms with Crippen LogP contribution in [-0.2, 0) is 13.0 Å². The predicted molar refractivity (Wildman–Crippen MR) is 94.7 cm³/mol. The molecule has 1 atom stereocenters. The van der Waals surface area contributed by atoms with Gasteiger partial charge in [-0.1, -0.05) is 6.92 Å². The molecular weight excluding hydrogens is 306 g/mol. The quantitative estimate of drug-likeness (QED) is 0.757. The molecule has 130 valence electrons. The van der Waals surface area contributed by atoms with E-state index < -0.39 is 6.10 Å². The van der Waals surface area contributed by atoms with Gasteiger partial charge in [0, 0.05) is 29.1 Å². The number of aliphatic hydroxyl groups excluding tert-OH is 1. The summed E-state index contributed by atoms with van der Waals surface area (Å²) in [4.78, 5) is 19.4. The second-order valence-corrected chi connectivity index (χ2v) is 5.88. The Morgan fingerprint density at radius 2 is 2.04 bits per heavy atom. The molecule has 0 aromatic carbocycles. The monoisotopic (exact) mass is 331 g/mol. The number of hydrogen-bond acceptors (Lipinski definition) is 5. The van der Waals surface area contributed by atoms with Crippen molar-refractivity contribution in [1.29, 1.82) is 0 Å². The molecule has 3 N–H and O–H groups in total. The van der Waals surface area contributed by atoms with E-state index in [1.807, 2.05) is 13.0 Å².